The molecular formula is C10H20N2O. The molecule has 1 unspecified atom stereocenters. The molecule has 3 nitrogen and oxygen atoms in total. The molecule has 1 heterocycles. The molecule has 76 valence electrons. The van der Waals surface area contributed by atoms with E-state index in [1.54, 1.807) is 0 Å². The highest BCUT2D eigenvalue weighted by Crippen LogP contribution is 1.99. The Labute approximate surface area is 80.3 Å². The fourth-order valence-corrected chi connectivity index (χ4v) is 1.61. The van der Waals surface area contributed by atoms with Gasteiger partial charge in [-0.3, -0.25) is 4.79 Å². The molecule has 1 rings (SSSR count). The number of carbonyl (C=O) groups is 1. The van der Waals surface area contributed by atoms with Gasteiger partial charge in [-0.05, 0) is 25.9 Å². The van der Waals surface area contributed by atoms with Gasteiger partial charge in [-0.15, -0.1) is 0 Å². The van der Waals surface area contributed by atoms with Crippen molar-refractivity contribution in [2.24, 2.45) is 0 Å². The van der Waals surface area contributed by atoms with Gasteiger partial charge >= 0.3 is 0 Å². The summed E-state index contributed by atoms with van der Waals surface area (Å²) in [4.78, 5) is 11.3. The summed E-state index contributed by atoms with van der Waals surface area (Å²) in [6, 6.07) is 0.123. The van der Waals surface area contributed by atoms with Crippen LogP contribution in [-0.4, -0.2) is 31.5 Å². The highest BCUT2D eigenvalue weighted by Gasteiger charge is 2.20. The first-order valence-electron chi connectivity index (χ1n) is 5.31. The average Bonchev–Trinajstić information content (AvgIpc) is 2.15. The molecule has 0 saturated carbocycles. The molecule has 1 saturated heterocycles. The van der Waals surface area contributed by atoms with Gasteiger partial charge in [0.1, 0.15) is 0 Å². The molecule has 0 aromatic carbocycles. The molecule has 0 aromatic heterocycles. The summed E-state index contributed by atoms with van der Waals surface area (Å²) < 4.78 is 0. The van der Waals surface area contributed by atoms with E-state index in [1.807, 2.05) is 0 Å². The summed E-state index contributed by atoms with van der Waals surface area (Å²) in [6.07, 6.45) is 4.63. The monoisotopic (exact) mass is 184 g/mol. The summed E-state index contributed by atoms with van der Waals surface area (Å²) in [5.41, 5.74) is 0. The molecule has 13 heavy (non-hydrogen) atoms. The van der Waals surface area contributed by atoms with Crippen molar-refractivity contribution in [3.63, 3.8) is 0 Å². The van der Waals surface area contributed by atoms with E-state index < -0.39 is 0 Å². The third-order valence-electron chi connectivity index (χ3n) is 2.47. The fraction of sp³-hybridized carbons (Fsp3) is 0.900. The number of piperidine rings is 1. The molecule has 1 aliphatic heterocycles. The lowest BCUT2D eigenvalue weighted by Gasteiger charge is -2.22. The zero-order valence-electron chi connectivity index (χ0n) is 8.44. The van der Waals surface area contributed by atoms with Crippen LogP contribution in [0.3, 0.4) is 0 Å². The predicted octanol–water partition coefficient (Wildman–Crippen LogP) is 0.697. The molecule has 3 heteroatoms. The van der Waals surface area contributed by atoms with Gasteiger partial charge in [-0.25, -0.2) is 0 Å². The lowest BCUT2D eigenvalue weighted by Crippen LogP contribution is -2.48. The zero-order valence-corrected chi connectivity index (χ0v) is 8.44. The largest absolute Gasteiger partial charge is 0.310 e. The van der Waals surface area contributed by atoms with Crippen molar-refractivity contribution in [1.82, 2.24) is 10.6 Å². The Kier molecular flexibility index (Phi) is 5.01. The molecule has 1 fully saturated rings. The van der Waals surface area contributed by atoms with Crippen LogP contribution in [0.1, 0.15) is 32.6 Å². The lowest BCUT2D eigenvalue weighted by atomic mass is 10.1. The van der Waals surface area contributed by atoms with Crippen molar-refractivity contribution in [2.45, 2.75) is 38.6 Å². The molecular weight excluding hydrogens is 164 g/mol. The Morgan fingerprint density at radius 3 is 3.08 bits per heavy atom. The number of nitrogens with one attached hydrogen (secondary N) is 2. The molecule has 0 radical (unpaired) electrons. The van der Waals surface area contributed by atoms with Crippen LogP contribution in [0.25, 0.3) is 0 Å². The van der Waals surface area contributed by atoms with Gasteiger partial charge in [0.25, 0.3) is 0 Å². The topological polar surface area (TPSA) is 41.1 Å². The minimum atomic E-state index is 0.123. The van der Waals surface area contributed by atoms with Gasteiger partial charge in [0, 0.05) is 0 Å². The van der Waals surface area contributed by atoms with Gasteiger partial charge in [-0.1, -0.05) is 19.8 Å². The number of carbonyl (C=O) groups excluding carboxylic acids is 1. The van der Waals surface area contributed by atoms with Crippen LogP contribution in [0.15, 0.2) is 0 Å². The Balaban J connectivity index is 2.08. The minimum Gasteiger partial charge on any atom is -0.310 e. The second-order valence-electron chi connectivity index (χ2n) is 3.65. The highest BCUT2D eigenvalue weighted by atomic mass is 16.1. The molecule has 0 amide bonds. The minimum absolute atomic E-state index is 0.123. The summed E-state index contributed by atoms with van der Waals surface area (Å²) in [5.74, 6) is 0.322. The molecule has 1 atom stereocenters. The zero-order chi connectivity index (χ0) is 9.52. The van der Waals surface area contributed by atoms with E-state index in [0.29, 0.717) is 12.3 Å². The second-order valence-corrected chi connectivity index (χ2v) is 3.65. The van der Waals surface area contributed by atoms with Crippen LogP contribution in [0.2, 0.25) is 0 Å². The average molecular weight is 184 g/mol. The highest BCUT2D eigenvalue weighted by molar-refractivity contribution is 5.86. The van der Waals surface area contributed by atoms with Crippen LogP contribution < -0.4 is 10.6 Å². The molecule has 2 N–H and O–H groups in total. The Morgan fingerprint density at radius 1 is 1.54 bits per heavy atom. The lowest BCUT2D eigenvalue weighted by molar-refractivity contribution is -0.121. The van der Waals surface area contributed by atoms with Crippen LogP contribution in [-0.2, 0) is 4.79 Å². The summed E-state index contributed by atoms with van der Waals surface area (Å²) in [6.45, 7) is 4.70. The van der Waals surface area contributed by atoms with E-state index in [9.17, 15) is 4.79 Å². The van der Waals surface area contributed by atoms with E-state index >= 15 is 0 Å². The first-order valence-corrected chi connectivity index (χ1v) is 5.31. The van der Waals surface area contributed by atoms with Crippen LogP contribution in [0.4, 0.5) is 0 Å². The second kappa shape index (κ2) is 6.11. The maximum atomic E-state index is 11.3. The van der Waals surface area contributed by atoms with Crippen LogP contribution >= 0.6 is 0 Å². The van der Waals surface area contributed by atoms with Crippen LogP contribution in [0, 0.1) is 0 Å². The van der Waals surface area contributed by atoms with E-state index in [0.717, 1.165) is 19.5 Å². The predicted molar refractivity (Wildman–Crippen MR) is 53.8 cm³/mol. The molecule has 1 aliphatic rings. The molecule has 0 aliphatic carbocycles. The third kappa shape index (κ3) is 3.87. The Hall–Kier alpha value is -0.410. The number of ketones is 1. The molecule has 0 aromatic rings. The standard InChI is InChI=1S/C10H20N2O/c1-2-3-4-6-12-9-5-7-11-8-10(9)13/h9,11-12H,2-8H2,1H3. The van der Waals surface area contributed by atoms with Crippen molar-refractivity contribution in [1.29, 1.82) is 0 Å². The SMILES string of the molecule is CCCCCNC1CCNCC1=O. The smallest absolute Gasteiger partial charge is 0.163 e. The summed E-state index contributed by atoms with van der Waals surface area (Å²) in [7, 11) is 0. The number of hydrogen-bond donors (Lipinski definition) is 2. The maximum absolute atomic E-state index is 11.3. The number of hydrogen-bond acceptors (Lipinski definition) is 3. The first-order chi connectivity index (χ1) is 6.34. The molecule has 0 spiro atoms. The first kappa shape index (κ1) is 10.7. The van der Waals surface area contributed by atoms with Crippen molar-refractivity contribution in [2.75, 3.05) is 19.6 Å². The van der Waals surface area contributed by atoms with Crippen molar-refractivity contribution in [3.05, 3.63) is 0 Å². The van der Waals surface area contributed by atoms with E-state index in [4.69, 9.17) is 0 Å². The fourth-order valence-electron chi connectivity index (χ4n) is 1.61. The summed E-state index contributed by atoms with van der Waals surface area (Å²) in [5, 5.41) is 6.39. The van der Waals surface area contributed by atoms with Crippen molar-refractivity contribution >= 4 is 5.78 Å². The van der Waals surface area contributed by atoms with Crippen molar-refractivity contribution in [3.8, 4) is 0 Å². The summed E-state index contributed by atoms with van der Waals surface area (Å²) >= 11 is 0. The Bertz CT molecular complexity index is 159. The molecule has 0 bridgehead atoms. The van der Waals surface area contributed by atoms with Gasteiger partial charge < -0.3 is 10.6 Å². The quantitative estimate of drug-likeness (QED) is 0.618. The third-order valence-corrected chi connectivity index (χ3v) is 2.47. The number of Topliss-reactive ketones (excluding diaryl/α,β-unsaturated/α-hetero) is 1. The maximum Gasteiger partial charge on any atom is 0.163 e. The van der Waals surface area contributed by atoms with Gasteiger partial charge in [0.2, 0.25) is 0 Å². The van der Waals surface area contributed by atoms with Gasteiger partial charge in [-0.2, -0.15) is 0 Å². The van der Waals surface area contributed by atoms with E-state index in [1.165, 1.54) is 19.3 Å². The van der Waals surface area contributed by atoms with Gasteiger partial charge in [0.15, 0.2) is 5.78 Å². The number of rotatable bonds is 5. The van der Waals surface area contributed by atoms with E-state index in [2.05, 4.69) is 17.6 Å². The van der Waals surface area contributed by atoms with Gasteiger partial charge in [0.05, 0.1) is 12.6 Å². The normalized spacial score (nSPS) is 23.5. The Morgan fingerprint density at radius 2 is 2.38 bits per heavy atom. The number of unbranched alkanes of at least 4 members (excludes halogenated alkanes) is 2. The van der Waals surface area contributed by atoms with E-state index in [-0.39, 0.29) is 6.04 Å². The van der Waals surface area contributed by atoms with Crippen molar-refractivity contribution < 1.29 is 4.79 Å². The van der Waals surface area contributed by atoms with Crippen LogP contribution in [0.5, 0.6) is 0 Å².